The van der Waals surface area contributed by atoms with Crippen LogP contribution in [0.25, 0.3) is 16.2 Å². The minimum Gasteiger partial charge on any atom is -0.497 e. The minimum atomic E-state index is -0.177. The lowest BCUT2D eigenvalue weighted by molar-refractivity contribution is -0.115. The number of methoxy groups -OCH3 is 3. The molecule has 0 unspecified atom stereocenters. The second-order valence-electron chi connectivity index (χ2n) is 6.23. The summed E-state index contributed by atoms with van der Waals surface area (Å²) < 4.78 is 17.7. The van der Waals surface area contributed by atoms with Crippen LogP contribution in [0, 0.1) is 0 Å². The summed E-state index contributed by atoms with van der Waals surface area (Å²) in [6.45, 7) is 0.365. The van der Waals surface area contributed by atoms with Crippen LogP contribution in [0.1, 0.15) is 10.7 Å². The molecule has 4 rings (SSSR count). The molecular weight excluding hydrogens is 426 g/mol. The van der Waals surface area contributed by atoms with E-state index < -0.39 is 0 Å². The van der Waals surface area contributed by atoms with Crippen molar-refractivity contribution >= 4 is 38.7 Å². The maximum atomic E-state index is 12.5. The first-order valence-electron chi connectivity index (χ1n) is 8.90. The van der Waals surface area contributed by atoms with Crippen molar-refractivity contribution in [3.05, 3.63) is 40.5 Å². The van der Waals surface area contributed by atoms with Crippen molar-refractivity contribution in [2.24, 2.45) is 0 Å². The van der Waals surface area contributed by atoms with E-state index in [1.807, 2.05) is 34.2 Å². The number of ether oxygens (including phenoxy) is 3. The van der Waals surface area contributed by atoms with Crippen molar-refractivity contribution in [3.8, 4) is 22.8 Å². The minimum absolute atomic E-state index is 0.177. The summed E-state index contributed by atoms with van der Waals surface area (Å²) in [6.07, 6.45) is 2.08. The topological polar surface area (TPSA) is 99.9 Å². The Hall–Kier alpha value is -3.02. The fourth-order valence-corrected chi connectivity index (χ4v) is 4.52. The third kappa shape index (κ3) is 4.13. The Morgan fingerprint density at radius 1 is 1.20 bits per heavy atom. The van der Waals surface area contributed by atoms with Crippen LogP contribution in [0.3, 0.4) is 0 Å². The fourth-order valence-electron chi connectivity index (χ4n) is 2.91. The van der Waals surface area contributed by atoms with Crippen LogP contribution >= 0.6 is 22.7 Å². The van der Waals surface area contributed by atoms with Crippen molar-refractivity contribution in [2.45, 2.75) is 13.0 Å². The number of thiazole rings is 1. The summed E-state index contributed by atoms with van der Waals surface area (Å²) in [5.41, 5.74) is 2.39. The number of rotatable bonds is 8. The summed E-state index contributed by atoms with van der Waals surface area (Å²) in [5.74, 6) is 1.24. The van der Waals surface area contributed by atoms with Crippen LogP contribution in [-0.4, -0.2) is 46.8 Å². The molecule has 0 atom stereocenters. The molecule has 0 fully saturated rings. The maximum absolute atomic E-state index is 12.5. The molecule has 0 aliphatic carbocycles. The van der Waals surface area contributed by atoms with Gasteiger partial charge in [0.25, 0.3) is 0 Å². The first-order valence-corrected chi connectivity index (χ1v) is 10.6. The van der Waals surface area contributed by atoms with Gasteiger partial charge in [0.1, 0.15) is 23.1 Å². The van der Waals surface area contributed by atoms with E-state index >= 15 is 0 Å². The second kappa shape index (κ2) is 8.78. The molecule has 0 spiro atoms. The number of hydrogen-bond acceptors (Lipinski definition) is 9. The molecule has 4 aromatic rings. The molecule has 156 valence electrons. The molecule has 1 N–H and O–H groups in total. The Balaban J connectivity index is 1.55. The van der Waals surface area contributed by atoms with E-state index in [0.717, 1.165) is 21.9 Å². The van der Waals surface area contributed by atoms with Crippen molar-refractivity contribution in [1.82, 2.24) is 19.6 Å². The first-order chi connectivity index (χ1) is 14.6. The van der Waals surface area contributed by atoms with Gasteiger partial charge in [-0.25, -0.2) is 4.98 Å². The molecule has 0 bridgehead atoms. The number of nitrogens with zero attached hydrogens (tertiary/aromatic N) is 4. The largest absolute Gasteiger partial charge is 0.497 e. The average Bonchev–Trinajstić information content (AvgIpc) is 3.45. The molecule has 0 saturated carbocycles. The zero-order valence-electron chi connectivity index (χ0n) is 16.5. The van der Waals surface area contributed by atoms with Gasteiger partial charge in [-0.05, 0) is 18.2 Å². The highest BCUT2D eigenvalue weighted by Crippen LogP contribution is 2.34. The zero-order chi connectivity index (χ0) is 21.1. The number of imidazole rings is 1. The van der Waals surface area contributed by atoms with E-state index in [-0.39, 0.29) is 12.3 Å². The molecule has 1 amide bonds. The monoisotopic (exact) mass is 445 g/mol. The number of fused-ring (bicyclic) bond motifs is 1. The normalized spacial score (nSPS) is 11.0. The van der Waals surface area contributed by atoms with E-state index in [1.54, 1.807) is 21.3 Å². The smallest absolute Gasteiger partial charge is 0.232 e. The van der Waals surface area contributed by atoms with Gasteiger partial charge in [0, 0.05) is 29.9 Å². The molecule has 0 aliphatic rings. The Morgan fingerprint density at radius 3 is 2.83 bits per heavy atom. The standard InChI is InChI=1S/C19H19N5O4S2/c1-26-9-17-22-23-18(30-17)21-16(25)6-11-10-29-19-20-14(8-24(11)19)13-7-12(27-2)4-5-15(13)28-3/h4-5,7-8,10H,6,9H2,1-3H3,(H,21,23,25). The summed E-state index contributed by atoms with van der Waals surface area (Å²) in [5, 5.41) is 13.8. The quantitative estimate of drug-likeness (QED) is 0.444. The highest BCUT2D eigenvalue weighted by Gasteiger charge is 2.16. The second-order valence-corrected chi connectivity index (χ2v) is 8.13. The van der Waals surface area contributed by atoms with Crippen molar-refractivity contribution < 1.29 is 19.0 Å². The molecule has 30 heavy (non-hydrogen) atoms. The SMILES string of the molecule is COCc1nnc(NC(=O)Cc2csc3nc(-c4cc(OC)ccc4OC)cn23)s1. The first kappa shape index (κ1) is 20.3. The number of benzene rings is 1. The lowest BCUT2D eigenvalue weighted by Crippen LogP contribution is -2.15. The number of anilines is 1. The lowest BCUT2D eigenvalue weighted by Gasteiger charge is -2.08. The summed E-state index contributed by atoms with van der Waals surface area (Å²) >= 11 is 2.76. The zero-order valence-corrected chi connectivity index (χ0v) is 18.2. The van der Waals surface area contributed by atoms with E-state index in [1.165, 1.54) is 22.7 Å². The third-order valence-corrected chi connectivity index (χ3v) is 5.99. The molecule has 3 aromatic heterocycles. The van der Waals surface area contributed by atoms with Crippen LogP contribution in [0.15, 0.2) is 29.8 Å². The third-order valence-electron chi connectivity index (χ3n) is 4.29. The number of hydrogen-bond donors (Lipinski definition) is 1. The van der Waals surface area contributed by atoms with Gasteiger partial charge in [0.15, 0.2) is 4.96 Å². The number of amides is 1. The van der Waals surface area contributed by atoms with Crippen LogP contribution in [0.5, 0.6) is 11.5 Å². The van der Waals surface area contributed by atoms with E-state index in [0.29, 0.717) is 28.2 Å². The van der Waals surface area contributed by atoms with E-state index in [9.17, 15) is 4.79 Å². The highest BCUT2D eigenvalue weighted by molar-refractivity contribution is 7.15. The van der Waals surface area contributed by atoms with Crippen LogP contribution < -0.4 is 14.8 Å². The molecule has 0 aliphatic heterocycles. The van der Waals surface area contributed by atoms with Crippen LogP contribution in [-0.2, 0) is 22.6 Å². The predicted molar refractivity (Wildman–Crippen MR) is 115 cm³/mol. The van der Waals surface area contributed by atoms with Gasteiger partial charge < -0.3 is 19.5 Å². The fraction of sp³-hybridized carbons (Fsp3) is 0.263. The van der Waals surface area contributed by atoms with Gasteiger partial charge in [-0.3, -0.25) is 9.20 Å². The van der Waals surface area contributed by atoms with Gasteiger partial charge in [-0.2, -0.15) is 0 Å². The molecule has 0 saturated heterocycles. The maximum Gasteiger partial charge on any atom is 0.232 e. The van der Waals surface area contributed by atoms with Gasteiger partial charge >= 0.3 is 0 Å². The Morgan fingerprint density at radius 2 is 2.07 bits per heavy atom. The van der Waals surface area contributed by atoms with Crippen molar-refractivity contribution in [2.75, 3.05) is 26.6 Å². The van der Waals surface area contributed by atoms with Crippen molar-refractivity contribution in [1.29, 1.82) is 0 Å². The predicted octanol–water partition coefficient (Wildman–Crippen LogP) is 3.26. The molecule has 3 heterocycles. The molecule has 1 aromatic carbocycles. The van der Waals surface area contributed by atoms with Gasteiger partial charge in [-0.1, -0.05) is 11.3 Å². The average molecular weight is 446 g/mol. The summed E-state index contributed by atoms with van der Waals surface area (Å²) in [6, 6.07) is 5.56. The Kier molecular flexibility index (Phi) is 5.93. The lowest BCUT2D eigenvalue weighted by atomic mass is 10.1. The van der Waals surface area contributed by atoms with E-state index in [4.69, 9.17) is 14.2 Å². The Bertz CT molecular complexity index is 1180. The number of nitrogens with one attached hydrogen (secondary N) is 1. The van der Waals surface area contributed by atoms with Gasteiger partial charge in [-0.15, -0.1) is 21.5 Å². The molecule has 11 heteroatoms. The number of carbonyl (C=O) groups is 1. The summed E-state index contributed by atoms with van der Waals surface area (Å²) in [4.78, 5) is 18.0. The highest BCUT2D eigenvalue weighted by atomic mass is 32.1. The Labute approximate surface area is 180 Å². The van der Waals surface area contributed by atoms with Crippen molar-refractivity contribution in [3.63, 3.8) is 0 Å². The number of carbonyl (C=O) groups excluding carboxylic acids is 1. The van der Waals surface area contributed by atoms with Crippen LogP contribution in [0.2, 0.25) is 0 Å². The molecule has 0 radical (unpaired) electrons. The van der Waals surface area contributed by atoms with E-state index in [2.05, 4.69) is 20.5 Å². The summed E-state index contributed by atoms with van der Waals surface area (Å²) in [7, 11) is 4.82. The van der Waals surface area contributed by atoms with Crippen LogP contribution in [0.4, 0.5) is 5.13 Å². The molecule has 9 nitrogen and oxygen atoms in total. The number of aromatic nitrogens is 4. The molecular formula is C19H19N5O4S2. The van der Waals surface area contributed by atoms with Gasteiger partial charge in [0.2, 0.25) is 11.0 Å². The van der Waals surface area contributed by atoms with Gasteiger partial charge in [0.05, 0.1) is 26.3 Å².